The lowest BCUT2D eigenvalue weighted by atomic mass is 10.0. The van der Waals surface area contributed by atoms with Crippen molar-refractivity contribution < 1.29 is 32.6 Å². The summed E-state index contributed by atoms with van der Waals surface area (Å²) in [6.45, 7) is 4.38. The lowest BCUT2D eigenvalue weighted by Crippen LogP contribution is -2.48. The zero-order valence-corrected chi connectivity index (χ0v) is 23.8. The minimum Gasteiger partial charge on any atom is -0.491 e. The van der Waals surface area contributed by atoms with E-state index in [9.17, 15) is 23.2 Å². The molecule has 2 heterocycles. The number of urea groups is 1. The Labute approximate surface area is 242 Å². The first-order chi connectivity index (χ1) is 20.1. The Morgan fingerprint density at radius 3 is 2.55 bits per heavy atom. The number of hydrogen-bond donors (Lipinski definition) is 2. The van der Waals surface area contributed by atoms with E-state index in [-0.39, 0.29) is 65.4 Å². The van der Waals surface area contributed by atoms with Crippen LogP contribution in [0.2, 0.25) is 0 Å². The van der Waals surface area contributed by atoms with Crippen molar-refractivity contribution in [3.8, 4) is 5.75 Å². The van der Waals surface area contributed by atoms with Crippen LogP contribution < -0.4 is 15.4 Å². The molecule has 42 heavy (non-hydrogen) atoms. The molecule has 0 spiro atoms. The zero-order valence-electron chi connectivity index (χ0n) is 23.8. The van der Waals surface area contributed by atoms with Crippen LogP contribution >= 0.6 is 0 Å². The molecule has 12 heteroatoms. The number of fused-ring (bicyclic) bond motifs is 1. The smallest absolute Gasteiger partial charge is 0.323 e. The average Bonchev–Trinajstić information content (AvgIpc) is 2.98. The van der Waals surface area contributed by atoms with Gasteiger partial charge in [0.2, 0.25) is 0 Å². The van der Waals surface area contributed by atoms with E-state index in [1.807, 2.05) is 13.8 Å². The molecule has 1 aliphatic rings. The molecule has 10 nitrogen and oxygen atoms in total. The van der Waals surface area contributed by atoms with Gasteiger partial charge in [0.25, 0.3) is 11.8 Å². The van der Waals surface area contributed by atoms with Crippen LogP contribution in [0, 0.1) is 17.6 Å². The number of amides is 4. The first-order valence-corrected chi connectivity index (χ1v) is 13.4. The Balaban J connectivity index is 1.62. The van der Waals surface area contributed by atoms with Gasteiger partial charge in [0, 0.05) is 57.2 Å². The van der Waals surface area contributed by atoms with Gasteiger partial charge in [0.15, 0.2) is 0 Å². The summed E-state index contributed by atoms with van der Waals surface area (Å²) in [5.74, 6) is -2.08. The number of nitrogens with one attached hydrogen (secondary N) is 2. The highest BCUT2D eigenvalue weighted by atomic mass is 19.1. The molecule has 0 radical (unpaired) electrons. The summed E-state index contributed by atoms with van der Waals surface area (Å²) >= 11 is 0. The maximum absolute atomic E-state index is 14.0. The molecule has 3 aromatic rings. The lowest BCUT2D eigenvalue weighted by Gasteiger charge is -2.36. The number of anilines is 2. The number of rotatable bonds is 4. The number of methoxy groups -OCH3 is 1. The zero-order chi connectivity index (χ0) is 30.4. The minimum absolute atomic E-state index is 0.0249. The fourth-order valence-electron chi connectivity index (χ4n) is 4.65. The third-order valence-electron chi connectivity index (χ3n) is 7.03. The van der Waals surface area contributed by atoms with Gasteiger partial charge in [-0.2, -0.15) is 0 Å². The molecule has 1 aliphatic heterocycles. The molecule has 1 aromatic heterocycles. The molecule has 4 rings (SSSR count). The summed E-state index contributed by atoms with van der Waals surface area (Å²) in [7, 11) is 3.21. The van der Waals surface area contributed by atoms with Gasteiger partial charge in [0.05, 0.1) is 23.4 Å². The maximum atomic E-state index is 14.0. The predicted molar refractivity (Wildman–Crippen MR) is 153 cm³/mol. The molecule has 222 valence electrons. The Hall–Kier alpha value is -4.58. The second-order valence-electron chi connectivity index (χ2n) is 10.2. The summed E-state index contributed by atoms with van der Waals surface area (Å²) in [5, 5.41) is 4.81. The van der Waals surface area contributed by atoms with E-state index in [0.717, 1.165) is 18.2 Å². The van der Waals surface area contributed by atoms with Crippen molar-refractivity contribution in [3.63, 3.8) is 0 Å². The quantitative estimate of drug-likeness (QED) is 0.464. The van der Waals surface area contributed by atoms with Gasteiger partial charge < -0.3 is 29.9 Å². The summed E-state index contributed by atoms with van der Waals surface area (Å²) in [4.78, 5) is 46.9. The number of likely N-dealkylation sites (N-methyl/N-ethyl adjacent to an activating group) is 1. The SMILES string of the molecule is CO[C@@H]1CN(C)C(=O)c2ccc(NC(=O)Nc3cc(F)ccc3F)cc2OC[C@@H](C)N(C(=O)c2ccccn2)C[C@@H]1C. The molecule has 0 saturated heterocycles. The number of hydrogen-bond acceptors (Lipinski definition) is 6. The molecule has 4 amide bonds. The standard InChI is InChI=1S/C30H33F2N5O5/c1-18-15-37(29(39)24-7-5-6-12-33-24)19(2)17-42-26-14-21(9-10-22(26)28(38)36(3)16-27(18)41-4)34-30(40)35-25-13-20(31)8-11-23(25)32/h5-14,18-19,27H,15-17H2,1-4H3,(H2,34,35,40)/t18-,19+,27+/m0/s1. The van der Waals surface area contributed by atoms with Gasteiger partial charge in [0.1, 0.15) is 29.7 Å². The Morgan fingerprint density at radius 1 is 1.05 bits per heavy atom. The van der Waals surface area contributed by atoms with Gasteiger partial charge in [-0.05, 0) is 43.3 Å². The van der Waals surface area contributed by atoms with Crippen LogP contribution in [0.4, 0.5) is 25.0 Å². The van der Waals surface area contributed by atoms with Crippen molar-refractivity contribution in [3.05, 3.63) is 83.7 Å². The number of pyridine rings is 1. The van der Waals surface area contributed by atoms with Crippen molar-refractivity contribution in [1.82, 2.24) is 14.8 Å². The van der Waals surface area contributed by atoms with E-state index in [0.29, 0.717) is 6.54 Å². The summed E-state index contributed by atoms with van der Waals surface area (Å²) < 4.78 is 39.3. The van der Waals surface area contributed by atoms with E-state index in [1.54, 1.807) is 43.5 Å². The fraction of sp³-hybridized carbons (Fsp3) is 0.333. The van der Waals surface area contributed by atoms with Gasteiger partial charge in [-0.1, -0.05) is 13.0 Å². The Kier molecular flexibility index (Phi) is 9.68. The van der Waals surface area contributed by atoms with E-state index >= 15 is 0 Å². The predicted octanol–water partition coefficient (Wildman–Crippen LogP) is 4.65. The normalized spacial score (nSPS) is 19.6. The van der Waals surface area contributed by atoms with Crippen molar-refractivity contribution in [2.45, 2.75) is 26.0 Å². The Bertz CT molecular complexity index is 1440. The molecule has 2 N–H and O–H groups in total. The second-order valence-corrected chi connectivity index (χ2v) is 10.2. The maximum Gasteiger partial charge on any atom is 0.323 e. The van der Waals surface area contributed by atoms with Crippen LogP contribution in [0.15, 0.2) is 60.8 Å². The van der Waals surface area contributed by atoms with Crippen LogP contribution in [0.3, 0.4) is 0 Å². The van der Waals surface area contributed by atoms with Gasteiger partial charge >= 0.3 is 6.03 Å². The Morgan fingerprint density at radius 2 is 1.83 bits per heavy atom. The number of nitrogens with zero attached hydrogens (tertiary/aromatic N) is 3. The largest absolute Gasteiger partial charge is 0.491 e. The highest BCUT2D eigenvalue weighted by Crippen LogP contribution is 2.27. The first kappa shape index (κ1) is 30.4. The van der Waals surface area contributed by atoms with Crippen LogP contribution in [-0.2, 0) is 4.74 Å². The monoisotopic (exact) mass is 581 g/mol. The second kappa shape index (κ2) is 13.4. The van der Waals surface area contributed by atoms with E-state index in [2.05, 4.69) is 15.6 Å². The minimum atomic E-state index is -0.825. The number of carbonyl (C=O) groups excluding carboxylic acids is 3. The van der Waals surface area contributed by atoms with E-state index in [4.69, 9.17) is 9.47 Å². The molecule has 3 atom stereocenters. The van der Waals surface area contributed by atoms with Crippen LogP contribution in [-0.4, -0.2) is 78.6 Å². The molecular weight excluding hydrogens is 548 g/mol. The summed E-state index contributed by atoms with van der Waals surface area (Å²) in [6.07, 6.45) is 1.18. The highest BCUT2D eigenvalue weighted by Gasteiger charge is 2.31. The number of carbonyl (C=O) groups is 3. The molecule has 2 aromatic carbocycles. The van der Waals surface area contributed by atoms with Crippen LogP contribution in [0.1, 0.15) is 34.7 Å². The molecule has 0 bridgehead atoms. The number of benzene rings is 2. The fourth-order valence-corrected chi connectivity index (χ4v) is 4.65. The summed E-state index contributed by atoms with van der Waals surface area (Å²) in [5.41, 5.74) is 0.429. The molecule has 0 unspecified atom stereocenters. The van der Waals surface area contributed by atoms with Crippen molar-refractivity contribution >= 4 is 29.2 Å². The molecular formula is C30H33F2N5O5. The van der Waals surface area contributed by atoms with Gasteiger partial charge in [-0.15, -0.1) is 0 Å². The number of halogens is 2. The summed E-state index contributed by atoms with van der Waals surface area (Å²) in [6, 6.07) is 11.0. The lowest BCUT2D eigenvalue weighted by molar-refractivity contribution is 0.0109. The van der Waals surface area contributed by atoms with E-state index < -0.39 is 23.7 Å². The topological polar surface area (TPSA) is 113 Å². The van der Waals surface area contributed by atoms with Crippen molar-refractivity contribution in [1.29, 1.82) is 0 Å². The van der Waals surface area contributed by atoms with Gasteiger partial charge in [-0.3, -0.25) is 14.6 Å². The molecule has 0 saturated carbocycles. The van der Waals surface area contributed by atoms with E-state index in [1.165, 1.54) is 23.1 Å². The van der Waals surface area contributed by atoms with Crippen molar-refractivity contribution in [2.24, 2.45) is 5.92 Å². The van der Waals surface area contributed by atoms with Crippen LogP contribution in [0.5, 0.6) is 5.75 Å². The molecule has 0 fully saturated rings. The average molecular weight is 582 g/mol. The molecule has 0 aliphatic carbocycles. The number of aromatic nitrogens is 1. The van der Waals surface area contributed by atoms with Crippen LogP contribution in [0.25, 0.3) is 0 Å². The highest BCUT2D eigenvalue weighted by molar-refractivity contribution is 6.01. The third-order valence-corrected chi connectivity index (χ3v) is 7.03. The number of ether oxygens (including phenoxy) is 2. The third kappa shape index (κ3) is 7.19. The first-order valence-electron chi connectivity index (χ1n) is 13.4. The van der Waals surface area contributed by atoms with Crippen molar-refractivity contribution in [2.75, 3.05) is 44.5 Å². The van der Waals surface area contributed by atoms with Gasteiger partial charge in [-0.25, -0.2) is 13.6 Å².